The Kier molecular flexibility index (Phi) is 3.01. The van der Waals surface area contributed by atoms with Crippen molar-refractivity contribution in [3.8, 4) is 6.07 Å². The van der Waals surface area contributed by atoms with Gasteiger partial charge in [-0.1, -0.05) is 13.3 Å². The summed E-state index contributed by atoms with van der Waals surface area (Å²) >= 11 is 0. The van der Waals surface area contributed by atoms with Crippen LogP contribution in [-0.4, -0.2) is 5.91 Å². The molecule has 17 heavy (non-hydrogen) atoms. The first-order valence-electron chi connectivity index (χ1n) is 5.79. The molecule has 3 N–H and O–H groups in total. The van der Waals surface area contributed by atoms with E-state index in [0.717, 1.165) is 18.4 Å². The van der Waals surface area contributed by atoms with Gasteiger partial charge in [0, 0.05) is 11.6 Å². The monoisotopic (exact) mass is 229 g/mol. The smallest absolute Gasteiger partial charge is 0.227 e. The van der Waals surface area contributed by atoms with E-state index in [1.54, 1.807) is 6.07 Å². The molecule has 1 aromatic carbocycles. The normalized spacial score (nSPS) is 18.1. The number of carbonyl (C=O) groups is 1. The molecular weight excluding hydrogens is 214 g/mol. The van der Waals surface area contributed by atoms with Crippen LogP contribution in [0.2, 0.25) is 0 Å². The van der Waals surface area contributed by atoms with Gasteiger partial charge in [-0.3, -0.25) is 4.79 Å². The molecule has 1 aromatic rings. The van der Waals surface area contributed by atoms with Gasteiger partial charge < -0.3 is 11.1 Å². The lowest BCUT2D eigenvalue weighted by Gasteiger charge is -2.25. The number of rotatable bonds is 2. The first kappa shape index (κ1) is 11.5. The summed E-state index contributed by atoms with van der Waals surface area (Å²) in [5.41, 5.74) is 8.38. The maximum absolute atomic E-state index is 11.8. The summed E-state index contributed by atoms with van der Waals surface area (Å²) in [4.78, 5) is 11.8. The Labute approximate surface area is 100 Å². The summed E-state index contributed by atoms with van der Waals surface area (Å²) in [5.74, 6) is 0.0152. The molecule has 0 aliphatic carbocycles. The maximum Gasteiger partial charge on any atom is 0.227 e. The van der Waals surface area contributed by atoms with Crippen molar-refractivity contribution in [3.05, 3.63) is 23.3 Å². The van der Waals surface area contributed by atoms with E-state index in [9.17, 15) is 4.79 Å². The lowest BCUT2D eigenvalue weighted by molar-refractivity contribution is -0.120. The Balaban J connectivity index is 2.41. The second-order valence-electron chi connectivity index (χ2n) is 4.39. The number of benzene rings is 1. The van der Waals surface area contributed by atoms with Gasteiger partial charge in [0.15, 0.2) is 0 Å². The summed E-state index contributed by atoms with van der Waals surface area (Å²) in [6.07, 6.45) is 2.51. The number of carbonyl (C=O) groups excluding carboxylic acids is 1. The lowest BCUT2D eigenvalue weighted by atomic mass is 9.88. The molecule has 0 spiro atoms. The van der Waals surface area contributed by atoms with Crippen molar-refractivity contribution in [2.45, 2.75) is 26.2 Å². The van der Waals surface area contributed by atoms with E-state index >= 15 is 0 Å². The summed E-state index contributed by atoms with van der Waals surface area (Å²) in [6, 6.07) is 5.51. The Hall–Kier alpha value is -2.02. The molecule has 88 valence electrons. The molecule has 1 atom stereocenters. The summed E-state index contributed by atoms with van der Waals surface area (Å²) in [7, 11) is 0. The van der Waals surface area contributed by atoms with Crippen LogP contribution in [0.5, 0.6) is 0 Å². The van der Waals surface area contributed by atoms with Gasteiger partial charge in [0.1, 0.15) is 6.07 Å². The number of hydrogen-bond acceptors (Lipinski definition) is 3. The van der Waals surface area contributed by atoms with Gasteiger partial charge in [0.25, 0.3) is 0 Å². The molecule has 0 saturated carbocycles. The number of nitrogen functional groups attached to an aromatic ring is 1. The Morgan fingerprint density at radius 3 is 3.00 bits per heavy atom. The van der Waals surface area contributed by atoms with Crippen molar-refractivity contribution in [3.63, 3.8) is 0 Å². The van der Waals surface area contributed by atoms with Gasteiger partial charge in [0.2, 0.25) is 5.91 Å². The SMILES string of the molecule is CCCC1Cc2cc(N)cc(C#N)c2NC1=O. The second-order valence-corrected chi connectivity index (χ2v) is 4.39. The Morgan fingerprint density at radius 2 is 2.35 bits per heavy atom. The first-order valence-corrected chi connectivity index (χ1v) is 5.79. The fourth-order valence-corrected chi connectivity index (χ4v) is 2.29. The molecule has 1 heterocycles. The zero-order chi connectivity index (χ0) is 12.4. The van der Waals surface area contributed by atoms with Gasteiger partial charge in [-0.25, -0.2) is 0 Å². The number of anilines is 2. The summed E-state index contributed by atoms with van der Waals surface area (Å²) in [6.45, 7) is 2.06. The summed E-state index contributed by atoms with van der Waals surface area (Å²) < 4.78 is 0. The van der Waals surface area contributed by atoms with Crippen LogP contribution in [0.3, 0.4) is 0 Å². The number of fused-ring (bicyclic) bond motifs is 1. The van der Waals surface area contributed by atoms with E-state index in [2.05, 4.69) is 18.3 Å². The van der Waals surface area contributed by atoms with Crippen molar-refractivity contribution in [1.29, 1.82) is 5.26 Å². The van der Waals surface area contributed by atoms with Crippen LogP contribution >= 0.6 is 0 Å². The fraction of sp³-hybridized carbons (Fsp3) is 0.385. The zero-order valence-electron chi connectivity index (χ0n) is 9.79. The molecule has 0 bridgehead atoms. The standard InChI is InChI=1S/C13H15N3O/c1-2-3-8-4-9-5-11(15)6-10(7-14)12(9)16-13(8)17/h5-6,8H,2-4,15H2,1H3,(H,16,17). The third-order valence-corrected chi connectivity index (χ3v) is 3.09. The van der Waals surface area contributed by atoms with E-state index in [-0.39, 0.29) is 11.8 Å². The van der Waals surface area contributed by atoms with Crippen LogP contribution in [0.4, 0.5) is 11.4 Å². The minimum absolute atomic E-state index is 0.000780. The molecule has 1 unspecified atom stereocenters. The molecule has 0 saturated heterocycles. The van der Waals surface area contributed by atoms with Crippen LogP contribution in [0.15, 0.2) is 12.1 Å². The molecule has 1 aliphatic heterocycles. The van der Waals surface area contributed by atoms with Crippen LogP contribution in [0, 0.1) is 17.2 Å². The highest BCUT2D eigenvalue weighted by atomic mass is 16.1. The highest BCUT2D eigenvalue weighted by Crippen LogP contribution is 2.32. The molecule has 0 aromatic heterocycles. The van der Waals surface area contributed by atoms with Crippen molar-refractivity contribution in [1.82, 2.24) is 0 Å². The van der Waals surface area contributed by atoms with E-state index in [1.807, 2.05) is 6.07 Å². The van der Waals surface area contributed by atoms with E-state index in [0.29, 0.717) is 23.4 Å². The van der Waals surface area contributed by atoms with Crippen LogP contribution < -0.4 is 11.1 Å². The molecule has 0 fully saturated rings. The zero-order valence-corrected chi connectivity index (χ0v) is 9.79. The molecule has 0 radical (unpaired) electrons. The highest BCUT2D eigenvalue weighted by molar-refractivity contribution is 5.97. The van der Waals surface area contributed by atoms with E-state index in [1.165, 1.54) is 0 Å². The Bertz CT molecular complexity index is 502. The number of amides is 1. The predicted molar refractivity (Wildman–Crippen MR) is 66.3 cm³/mol. The fourth-order valence-electron chi connectivity index (χ4n) is 2.29. The quantitative estimate of drug-likeness (QED) is 0.762. The van der Waals surface area contributed by atoms with Gasteiger partial charge in [0.05, 0.1) is 11.3 Å². The minimum atomic E-state index is 0.000780. The predicted octanol–water partition coefficient (Wildman–Crippen LogP) is 2.05. The van der Waals surface area contributed by atoms with Crippen LogP contribution in [0.1, 0.15) is 30.9 Å². The van der Waals surface area contributed by atoms with Crippen molar-refractivity contribution in [2.24, 2.45) is 5.92 Å². The Morgan fingerprint density at radius 1 is 1.59 bits per heavy atom. The molecule has 4 heteroatoms. The number of nitrogens with two attached hydrogens (primary N) is 1. The van der Waals surface area contributed by atoms with Crippen molar-refractivity contribution < 1.29 is 4.79 Å². The average Bonchev–Trinajstić information content (AvgIpc) is 2.30. The van der Waals surface area contributed by atoms with Gasteiger partial charge in [-0.2, -0.15) is 5.26 Å². The summed E-state index contributed by atoms with van der Waals surface area (Å²) in [5, 5.41) is 11.8. The minimum Gasteiger partial charge on any atom is -0.399 e. The molecule has 2 rings (SSSR count). The van der Waals surface area contributed by atoms with Gasteiger partial charge >= 0.3 is 0 Å². The molecule has 1 amide bonds. The van der Waals surface area contributed by atoms with Gasteiger partial charge in [-0.15, -0.1) is 0 Å². The number of nitrogens with one attached hydrogen (secondary N) is 1. The van der Waals surface area contributed by atoms with Crippen LogP contribution in [-0.2, 0) is 11.2 Å². The highest BCUT2D eigenvalue weighted by Gasteiger charge is 2.27. The van der Waals surface area contributed by atoms with E-state index < -0.39 is 0 Å². The molecule has 1 aliphatic rings. The first-order chi connectivity index (χ1) is 8.15. The largest absolute Gasteiger partial charge is 0.399 e. The number of nitrogens with zero attached hydrogens (tertiary/aromatic N) is 1. The number of hydrogen-bond donors (Lipinski definition) is 2. The van der Waals surface area contributed by atoms with E-state index in [4.69, 9.17) is 11.0 Å². The maximum atomic E-state index is 11.8. The van der Waals surface area contributed by atoms with Crippen molar-refractivity contribution >= 4 is 17.3 Å². The average molecular weight is 229 g/mol. The second kappa shape index (κ2) is 4.46. The topological polar surface area (TPSA) is 78.9 Å². The van der Waals surface area contributed by atoms with Crippen molar-refractivity contribution in [2.75, 3.05) is 11.1 Å². The third-order valence-electron chi connectivity index (χ3n) is 3.09. The van der Waals surface area contributed by atoms with Gasteiger partial charge in [-0.05, 0) is 30.5 Å². The lowest BCUT2D eigenvalue weighted by Crippen LogP contribution is -2.30. The molecular formula is C13H15N3O. The molecule has 4 nitrogen and oxygen atoms in total. The van der Waals surface area contributed by atoms with Crippen LogP contribution in [0.25, 0.3) is 0 Å². The third kappa shape index (κ3) is 2.09. The number of nitriles is 1.